The van der Waals surface area contributed by atoms with Gasteiger partial charge in [-0.1, -0.05) is 30.3 Å². The number of carbonyl (C=O) groups excluding carboxylic acids is 2. The number of hydrogen-bond acceptors (Lipinski definition) is 6. The number of benzene rings is 1. The molecule has 2 saturated carbocycles. The van der Waals surface area contributed by atoms with Gasteiger partial charge in [0.2, 0.25) is 0 Å². The number of rotatable bonds is 8. The third-order valence-corrected chi connectivity index (χ3v) is 10.1. The highest BCUT2D eigenvalue weighted by molar-refractivity contribution is 5.70. The van der Waals surface area contributed by atoms with E-state index in [-0.39, 0.29) is 23.3 Å². The smallest absolute Gasteiger partial charge is 0.410 e. The minimum Gasteiger partial charge on any atom is -0.444 e. The maximum Gasteiger partial charge on any atom is 0.410 e. The lowest BCUT2D eigenvalue weighted by atomic mass is 9.94. The third-order valence-electron chi connectivity index (χ3n) is 10.1. The molecule has 8 nitrogen and oxygen atoms in total. The van der Waals surface area contributed by atoms with Crippen LogP contribution >= 0.6 is 0 Å². The zero-order chi connectivity index (χ0) is 32.3. The second kappa shape index (κ2) is 13.6. The zero-order valence-electron chi connectivity index (χ0n) is 29.1. The van der Waals surface area contributed by atoms with E-state index >= 15 is 0 Å². The van der Waals surface area contributed by atoms with Crippen molar-refractivity contribution in [1.82, 2.24) is 20.0 Å². The predicted octanol–water partition coefficient (Wildman–Crippen LogP) is 7.24. The Hall–Kier alpha value is -2.32. The van der Waals surface area contributed by atoms with Gasteiger partial charge in [-0.25, -0.2) is 9.59 Å². The van der Waals surface area contributed by atoms with Gasteiger partial charge < -0.3 is 24.6 Å². The van der Waals surface area contributed by atoms with E-state index in [9.17, 15) is 9.59 Å². The Bertz CT molecular complexity index is 1100. The lowest BCUT2D eigenvalue weighted by molar-refractivity contribution is 0.00568. The van der Waals surface area contributed by atoms with Crippen molar-refractivity contribution < 1.29 is 19.1 Å². The molecule has 1 N–H and O–H groups in total. The van der Waals surface area contributed by atoms with E-state index in [1.165, 1.54) is 12.0 Å². The Morgan fingerprint density at radius 3 is 1.77 bits per heavy atom. The van der Waals surface area contributed by atoms with E-state index in [1.807, 2.05) is 58.3 Å². The second-order valence-electron chi connectivity index (χ2n) is 15.4. The Kier molecular flexibility index (Phi) is 10.7. The molecule has 1 aromatic rings. The van der Waals surface area contributed by atoms with Gasteiger partial charge in [-0.3, -0.25) is 4.90 Å². The van der Waals surface area contributed by atoms with Crippen molar-refractivity contribution in [2.45, 2.75) is 129 Å². The first kappa shape index (κ1) is 34.6. The van der Waals surface area contributed by atoms with Gasteiger partial charge in [-0.2, -0.15) is 0 Å². The molecule has 0 spiro atoms. The highest BCUT2D eigenvalue weighted by atomic mass is 16.6. The first-order valence-electron chi connectivity index (χ1n) is 17.2. The molecule has 2 heterocycles. The van der Waals surface area contributed by atoms with Crippen molar-refractivity contribution in [2.24, 2.45) is 11.8 Å². The van der Waals surface area contributed by atoms with E-state index in [0.29, 0.717) is 17.9 Å². The molecule has 0 unspecified atom stereocenters. The van der Waals surface area contributed by atoms with Crippen LogP contribution in [0.15, 0.2) is 30.3 Å². The molecule has 248 valence electrons. The van der Waals surface area contributed by atoms with E-state index in [0.717, 1.165) is 71.4 Å². The van der Waals surface area contributed by atoms with Crippen LogP contribution < -0.4 is 5.32 Å². The largest absolute Gasteiger partial charge is 0.444 e. The fraction of sp³-hybridized carbons (Fsp3) is 0.778. The van der Waals surface area contributed by atoms with Crippen molar-refractivity contribution >= 4 is 12.2 Å². The summed E-state index contributed by atoms with van der Waals surface area (Å²) < 4.78 is 11.2. The molecule has 0 radical (unpaired) electrons. The van der Waals surface area contributed by atoms with E-state index < -0.39 is 11.2 Å². The number of carbonyl (C=O) groups is 2. The molecular weight excluding hydrogens is 552 g/mol. The van der Waals surface area contributed by atoms with Crippen LogP contribution in [-0.2, 0) is 9.47 Å². The SMILES string of the molecule is CCN(C(=O)OC(C)(C)C)C1([C@@H]2CCN([C@@H](C)c3ccccc3)C2)CC1.CCN(C(=O)OC(C)(C)C)C1([C@@H]2CCNC2)CC1. The number of ether oxygens (including phenoxy) is 2. The van der Waals surface area contributed by atoms with Gasteiger partial charge in [0.25, 0.3) is 0 Å². The maximum atomic E-state index is 12.8. The summed E-state index contributed by atoms with van der Waals surface area (Å²) in [5.74, 6) is 1.14. The molecule has 44 heavy (non-hydrogen) atoms. The highest BCUT2D eigenvalue weighted by Gasteiger charge is 2.58. The van der Waals surface area contributed by atoms with Crippen LogP contribution in [0.25, 0.3) is 0 Å². The van der Waals surface area contributed by atoms with Crippen LogP contribution in [0, 0.1) is 11.8 Å². The third kappa shape index (κ3) is 8.09. The average molecular weight is 613 g/mol. The molecule has 2 amide bonds. The molecule has 5 rings (SSSR count). The predicted molar refractivity (Wildman–Crippen MR) is 177 cm³/mol. The van der Waals surface area contributed by atoms with Crippen molar-refractivity contribution in [1.29, 1.82) is 0 Å². The molecule has 0 bridgehead atoms. The van der Waals surface area contributed by atoms with Gasteiger partial charge in [0.15, 0.2) is 0 Å². The molecular formula is C36H60N4O4. The summed E-state index contributed by atoms with van der Waals surface area (Å²) in [5, 5.41) is 3.41. The average Bonchev–Trinajstić information content (AvgIpc) is 3.78. The topological polar surface area (TPSA) is 74.4 Å². The molecule has 1 aromatic carbocycles. The summed E-state index contributed by atoms with van der Waals surface area (Å²) in [7, 11) is 0. The number of likely N-dealkylation sites (tertiary alicyclic amines) is 1. The van der Waals surface area contributed by atoms with Crippen LogP contribution in [0.5, 0.6) is 0 Å². The lowest BCUT2D eigenvalue weighted by Crippen LogP contribution is -2.49. The monoisotopic (exact) mass is 612 g/mol. The first-order valence-corrected chi connectivity index (χ1v) is 17.2. The molecule has 2 aliphatic heterocycles. The Morgan fingerprint density at radius 1 is 0.864 bits per heavy atom. The Morgan fingerprint density at radius 2 is 1.36 bits per heavy atom. The van der Waals surface area contributed by atoms with Gasteiger partial charge in [0, 0.05) is 32.2 Å². The summed E-state index contributed by atoms with van der Waals surface area (Å²) in [5.41, 5.74) is 0.624. The Labute approximate surface area is 267 Å². The first-order chi connectivity index (χ1) is 20.7. The van der Waals surface area contributed by atoms with Crippen molar-refractivity contribution in [2.75, 3.05) is 39.3 Å². The number of nitrogens with one attached hydrogen (secondary N) is 1. The molecule has 8 heteroatoms. The van der Waals surface area contributed by atoms with Gasteiger partial charge in [0.1, 0.15) is 11.2 Å². The summed E-state index contributed by atoms with van der Waals surface area (Å²) in [6.07, 6.45) is 6.53. The summed E-state index contributed by atoms with van der Waals surface area (Å²) in [6, 6.07) is 11.1. The van der Waals surface area contributed by atoms with Crippen LogP contribution in [0.2, 0.25) is 0 Å². The van der Waals surface area contributed by atoms with Crippen molar-refractivity contribution in [3.05, 3.63) is 35.9 Å². The maximum absolute atomic E-state index is 12.8. The zero-order valence-corrected chi connectivity index (χ0v) is 29.1. The van der Waals surface area contributed by atoms with Crippen LogP contribution in [0.1, 0.15) is 112 Å². The number of nitrogens with zero attached hydrogens (tertiary/aromatic N) is 3. The van der Waals surface area contributed by atoms with Crippen LogP contribution in [0.3, 0.4) is 0 Å². The van der Waals surface area contributed by atoms with Crippen molar-refractivity contribution in [3.63, 3.8) is 0 Å². The molecule has 4 fully saturated rings. The minimum atomic E-state index is -0.440. The number of hydrogen-bond donors (Lipinski definition) is 1. The van der Waals surface area contributed by atoms with E-state index in [2.05, 4.69) is 54.4 Å². The lowest BCUT2D eigenvalue weighted by Gasteiger charge is -2.37. The molecule has 2 aliphatic carbocycles. The normalized spacial score (nSPS) is 24.5. The standard InChI is InChI=1S/C22H34N2O2.C14H26N2O2/c1-6-24(20(25)26-21(3,4)5)22(13-14-22)19-12-15-23(16-19)17(2)18-10-8-7-9-11-18;1-5-16(12(17)18-13(2,3)4)14(7-8-14)11-6-9-15-10-11/h7-11,17,19H,6,12-16H2,1-5H3;11,15H,5-10H2,1-4H3/t17-,19+;11-/m01/s1. The summed E-state index contributed by atoms with van der Waals surface area (Å²) in [4.78, 5) is 31.6. The molecule has 4 aliphatic rings. The second-order valence-corrected chi connectivity index (χ2v) is 15.4. The van der Waals surface area contributed by atoms with Gasteiger partial charge in [0.05, 0.1) is 11.1 Å². The molecule has 2 saturated heterocycles. The van der Waals surface area contributed by atoms with Gasteiger partial charge >= 0.3 is 12.2 Å². The van der Waals surface area contributed by atoms with E-state index in [4.69, 9.17) is 9.47 Å². The highest BCUT2D eigenvalue weighted by Crippen LogP contribution is 2.52. The summed E-state index contributed by atoms with van der Waals surface area (Å²) >= 11 is 0. The number of amides is 2. The fourth-order valence-corrected chi connectivity index (χ4v) is 7.57. The van der Waals surface area contributed by atoms with Gasteiger partial charge in [-0.15, -0.1) is 0 Å². The van der Waals surface area contributed by atoms with E-state index in [1.54, 1.807) is 0 Å². The summed E-state index contributed by atoms with van der Waals surface area (Å²) in [6.45, 7) is 23.8. The van der Waals surface area contributed by atoms with Crippen LogP contribution in [0.4, 0.5) is 9.59 Å². The van der Waals surface area contributed by atoms with Gasteiger partial charge in [-0.05, 0) is 131 Å². The molecule has 0 aromatic heterocycles. The van der Waals surface area contributed by atoms with Crippen molar-refractivity contribution in [3.8, 4) is 0 Å². The Balaban J connectivity index is 0.000000215. The quantitative estimate of drug-likeness (QED) is 0.334. The molecule has 3 atom stereocenters. The van der Waals surface area contributed by atoms with Crippen LogP contribution in [-0.4, -0.2) is 88.4 Å². The minimum absolute atomic E-state index is 0.0161. The fourth-order valence-electron chi connectivity index (χ4n) is 7.57.